The van der Waals surface area contributed by atoms with Crippen LogP contribution in [0, 0.1) is 0 Å². The summed E-state index contributed by atoms with van der Waals surface area (Å²) in [6.07, 6.45) is 5.73. The highest BCUT2D eigenvalue weighted by Crippen LogP contribution is 2.34. The van der Waals surface area contributed by atoms with Gasteiger partial charge in [0.25, 0.3) is 0 Å². The van der Waals surface area contributed by atoms with Gasteiger partial charge in [-0.1, -0.05) is 12.1 Å². The number of rotatable bonds is 6. The van der Waals surface area contributed by atoms with E-state index in [0.29, 0.717) is 23.0 Å². The summed E-state index contributed by atoms with van der Waals surface area (Å²) in [5.74, 6) is 2.76. The van der Waals surface area contributed by atoms with Crippen LogP contribution in [0.1, 0.15) is 11.3 Å². The Morgan fingerprint density at radius 3 is 2.04 bits per heavy atom. The van der Waals surface area contributed by atoms with Gasteiger partial charge in [0.1, 0.15) is 0 Å². The van der Waals surface area contributed by atoms with Gasteiger partial charge < -0.3 is 18.9 Å². The molecule has 3 rings (SSSR count). The molecule has 0 unspecified atom stereocenters. The van der Waals surface area contributed by atoms with E-state index in [-0.39, 0.29) is 0 Å². The first-order valence-corrected chi connectivity index (χ1v) is 8.11. The Bertz CT molecular complexity index is 950. The van der Waals surface area contributed by atoms with Crippen LogP contribution in [-0.4, -0.2) is 33.4 Å². The van der Waals surface area contributed by atoms with Gasteiger partial charge >= 0.3 is 0 Å². The van der Waals surface area contributed by atoms with E-state index in [1.165, 1.54) is 0 Å². The molecule has 1 heterocycles. The zero-order chi connectivity index (χ0) is 18.5. The Kier molecular flexibility index (Phi) is 5.27. The highest BCUT2D eigenvalue weighted by atomic mass is 16.5. The normalized spacial score (nSPS) is 10.9. The summed E-state index contributed by atoms with van der Waals surface area (Å²) in [7, 11) is 6.49. The van der Waals surface area contributed by atoms with Crippen LogP contribution >= 0.6 is 0 Å². The molecule has 5 nitrogen and oxygen atoms in total. The van der Waals surface area contributed by atoms with Gasteiger partial charge in [-0.05, 0) is 47.4 Å². The first-order valence-electron chi connectivity index (χ1n) is 8.11. The van der Waals surface area contributed by atoms with Gasteiger partial charge in [0.05, 0.1) is 34.1 Å². The smallest absolute Gasteiger partial charge is 0.161 e. The van der Waals surface area contributed by atoms with Crippen molar-refractivity contribution in [2.45, 2.75) is 0 Å². The van der Waals surface area contributed by atoms with Crippen LogP contribution in [0.25, 0.3) is 22.9 Å². The molecule has 26 heavy (non-hydrogen) atoms. The summed E-state index contributed by atoms with van der Waals surface area (Å²) in [6, 6.07) is 11.6. The van der Waals surface area contributed by atoms with Gasteiger partial charge in [-0.2, -0.15) is 0 Å². The molecule has 0 N–H and O–H groups in total. The van der Waals surface area contributed by atoms with E-state index in [1.54, 1.807) is 34.6 Å². The van der Waals surface area contributed by atoms with E-state index in [0.717, 1.165) is 22.0 Å². The number of hydrogen-bond donors (Lipinski definition) is 0. The molecule has 3 aromatic rings. The van der Waals surface area contributed by atoms with Crippen LogP contribution in [0.3, 0.4) is 0 Å². The Morgan fingerprint density at radius 1 is 0.692 bits per heavy atom. The molecule has 0 radical (unpaired) electrons. The maximum Gasteiger partial charge on any atom is 0.161 e. The number of ether oxygens (including phenoxy) is 4. The minimum absolute atomic E-state index is 0.675. The van der Waals surface area contributed by atoms with Gasteiger partial charge in [-0.15, -0.1) is 0 Å². The van der Waals surface area contributed by atoms with Crippen LogP contribution in [0.5, 0.6) is 23.0 Å². The lowest BCUT2D eigenvalue weighted by Gasteiger charge is -2.10. The quantitative estimate of drug-likeness (QED) is 0.657. The largest absolute Gasteiger partial charge is 0.493 e. The highest BCUT2D eigenvalue weighted by Gasteiger charge is 2.09. The second-order valence-corrected chi connectivity index (χ2v) is 5.57. The molecule has 1 aromatic heterocycles. The predicted octanol–water partition coefficient (Wildman–Crippen LogP) is 4.44. The number of hydrogen-bond acceptors (Lipinski definition) is 5. The standard InChI is InChI=1S/C21H21NO4/c1-23-18-8-6-14(11-19(18)24-2)5-7-17-16-13-21(26-4)20(25-3)12-15(16)9-10-22-17/h5-13H,1-4H3/b7-5+. The molecule has 0 aliphatic carbocycles. The van der Waals surface area contributed by atoms with E-state index in [4.69, 9.17) is 18.9 Å². The number of nitrogens with zero attached hydrogens (tertiary/aromatic N) is 1. The molecule has 0 spiro atoms. The van der Waals surface area contributed by atoms with Crippen molar-refractivity contribution in [3.8, 4) is 23.0 Å². The minimum atomic E-state index is 0.675. The molecule has 0 aliphatic rings. The highest BCUT2D eigenvalue weighted by molar-refractivity contribution is 5.93. The Morgan fingerprint density at radius 2 is 1.35 bits per heavy atom. The fourth-order valence-electron chi connectivity index (χ4n) is 2.79. The number of fused-ring (bicyclic) bond motifs is 1. The van der Waals surface area contributed by atoms with E-state index in [9.17, 15) is 0 Å². The summed E-state index contributed by atoms with van der Waals surface area (Å²) in [6.45, 7) is 0. The van der Waals surface area contributed by atoms with Crippen molar-refractivity contribution in [1.82, 2.24) is 4.98 Å². The van der Waals surface area contributed by atoms with Crippen molar-refractivity contribution in [1.29, 1.82) is 0 Å². The molecule has 5 heteroatoms. The summed E-state index contributed by atoms with van der Waals surface area (Å²) in [5, 5.41) is 2.02. The second kappa shape index (κ2) is 7.78. The lowest BCUT2D eigenvalue weighted by molar-refractivity contribution is 0.355. The van der Waals surface area contributed by atoms with Crippen LogP contribution in [0.4, 0.5) is 0 Å². The third-order valence-electron chi connectivity index (χ3n) is 4.14. The maximum atomic E-state index is 5.41. The minimum Gasteiger partial charge on any atom is -0.493 e. The fourth-order valence-corrected chi connectivity index (χ4v) is 2.79. The van der Waals surface area contributed by atoms with Crippen LogP contribution in [0.2, 0.25) is 0 Å². The third kappa shape index (κ3) is 3.42. The molecular weight excluding hydrogens is 330 g/mol. The number of pyridine rings is 1. The summed E-state index contributed by atoms with van der Waals surface area (Å²) in [5.41, 5.74) is 1.83. The summed E-state index contributed by atoms with van der Waals surface area (Å²) in [4.78, 5) is 4.49. The van der Waals surface area contributed by atoms with Gasteiger partial charge in [0, 0.05) is 11.6 Å². The van der Waals surface area contributed by atoms with Crippen molar-refractivity contribution < 1.29 is 18.9 Å². The Balaban J connectivity index is 2.02. The summed E-state index contributed by atoms with van der Waals surface area (Å²) >= 11 is 0. The van der Waals surface area contributed by atoms with E-state index in [2.05, 4.69) is 4.98 Å². The maximum absolute atomic E-state index is 5.41. The molecule has 134 valence electrons. The van der Waals surface area contributed by atoms with Crippen molar-refractivity contribution in [2.75, 3.05) is 28.4 Å². The zero-order valence-electron chi connectivity index (χ0n) is 15.3. The van der Waals surface area contributed by atoms with Gasteiger partial charge in [-0.25, -0.2) is 0 Å². The molecule has 0 saturated heterocycles. The van der Waals surface area contributed by atoms with Crippen molar-refractivity contribution in [3.63, 3.8) is 0 Å². The molecule has 2 aromatic carbocycles. The second-order valence-electron chi connectivity index (χ2n) is 5.57. The van der Waals surface area contributed by atoms with Crippen molar-refractivity contribution in [2.24, 2.45) is 0 Å². The van der Waals surface area contributed by atoms with E-state index >= 15 is 0 Å². The monoisotopic (exact) mass is 351 g/mol. The van der Waals surface area contributed by atoms with Gasteiger partial charge in [-0.3, -0.25) is 4.98 Å². The van der Waals surface area contributed by atoms with Crippen LogP contribution in [-0.2, 0) is 0 Å². The molecule has 0 aliphatic heterocycles. The van der Waals surface area contributed by atoms with Gasteiger partial charge in [0.15, 0.2) is 23.0 Å². The SMILES string of the molecule is COc1ccc(/C=C/c2nccc3cc(OC)c(OC)cc23)cc1OC. The lowest BCUT2D eigenvalue weighted by atomic mass is 10.1. The van der Waals surface area contributed by atoms with Crippen LogP contribution < -0.4 is 18.9 Å². The van der Waals surface area contributed by atoms with Crippen molar-refractivity contribution >= 4 is 22.9 Å². The average Bonchev–Trinajstić information content (AvgIpc) is 2.70. The average molecular weight is 351 g/mol. The molecule has 0 fully saturated rings. The number of benzene rings is 2. The first kappa shape index (κ1) is 17.6. The fraction of sp³-hybridized carbons (Fsp3) is 0.190. The summed E-state index contributed by atoms with van der Waals surface area (Å²) < 4.78 is 21.4. The molecule has 0 amide bonds. The topological polar surface area (TPSA) is 49.8 Å². The first-order chi connectivity index (χ1) is 12.7. The zero-order valence-corrected chi connectivity index (χ0v) is 15.3. The molecule has 0 atom stereocenters. The number of methoxy groups -OCH3 is 4. The van der Waals surface area contributed by atoms with E-state index in [1.807, 2.05) is 48.6 Å². The molecule has 0 saturated carbocycles. The third-order valence-corrected chi connectivity index (χ3v) is 4.14. The number of aromatic nitrogens is 1. The van der Waals surface area contributed by atoms with Crippen molar-refractivity contribution in [3.05, 3.63) is 53.9 Å². The Hall–Kier alpha value is -3.21. The van der Waals surface area contributed by atoms with Gasteiger partial charge in [0.2, 0.25) is 0 Å². The molecular formula is C21H21NO4. The Labute approximate surface area is 152 Å². The molecule has 0 bridgehead atoms. The van der Waals surface area contributed by atoms with Crippen LogP contribution in [0.15, 0.2) is 42.6 Å². The van der Waals surface area contributed by atoms with E-state index < -0.39 is 0 Å². The lowest BCUT2D eigenvalue weighted by Crippen LogP contribution is -1.92. The predicted molar refractivity (Wildman–Crippen MR) is 103 cm³/mol.